The number of hydrogen-bond donors (Lipinski definition) is 2. The van der Waals surface area contributed by atoms with Gasteiger partial charge in [0.1, 0.15) is 25.0 Å². The third-order valence-electron chi connectivity index (χ3n) is 3.16. The van der Waals surface area contributed by atoms with Gasteiger partial charge in [-0.25, -0.2) is 14.5 Å². The van der Waals surface area contributed by atoms with Crippen molar-refractivity contribution < 1.29 is 14.9 Å². The summed E-state index contributed by atoms with van der Waals surface area (Å²) in [5, 5.41) is 22.6. The number of aliphatic hydroxyl groups excluding tert-OH is 2. The lowest BCUT2D eigenvalue weighted by molar-refractivity contribution is -0.0458. The van der Waals surface area contributed by atoms with Crippen molar-refractivity contribution in [3.05, 3.63) is 35.4 Å². The van der Waals surface area contributed by atoms with Crippen molar-refractivity contribution in [2.75, 3.05) is 6.61 Å². The maximum absolute atomic E-state index is 12.0. The zero-order chi connectivity index (χ0) is 14.1. The summed E-state index contributed by atoms with van der Waals surface area (Å²) >= 11 is 0. The van der Waals surface area contributed by atoms with Crippen LogP contribution < -0.4 is 5.69 Å². The first-order valence-electron chi connectivity index (χ1n) is 6.07. The van der Waals surface area contributed by atoms with Crippen molar-refractivity contribution in [3.8, 4) is 5.82 Å². The zero-order valence-electron chi connectivity index (χ0n) is 10.4. The second-order valence-electron chi connectivity index (χ2n) is 4.43. The summed E-state index contributed by atoms with van der Waals surface area (Å²) in [4.78, 5) is 19.6. The molecule has 0 saturated carbocycles. The molecule has 0 radical (unpaired) electrons. The van der Waals surface area contributed by atoms with Gasteiger partial charge in [-0.2, -0.15) is 10.1 Å². The van der Waals surface area contributed by atoms with Gasteiger partial charge >= 0.3 is 5.69 Å². The lowest BCUT2D eigenvalue weighted by Crippen LogP contribution is -2.28. The summed E-state index contributed by atoms with van der Waals surface area (Å²) in [5.41, 5.74) is -0.520. The molecule has 0 spiro atoms. The van der Waals surface area contributed by atoms with Crippen molar-refractivity contribution in [3.63, 3.8) is 0 Å². The average molecular weight is 279 g/mol. The molecule has 2 aromatic rings. The largest absolute Gasteiger partial charge is 0.394 e. The Labute approximate surface area is 113 Å². The van der Waals surface area contributed by atoms with Gasteiger partial charge in [0.25, 0.3) is 0 Å². The van der Waals surface area contributed by atoms with Crippen molar-refractivity contribution in [1.82, 2.24) is 24.3 Å². The van der Waals surface area contributed by atoms with E-state index in [2.05, 4.69) is 15.1 Å². The van der Waals surface area contributed by atoms with Crippen molar-refractivity contribution in [1.29, 1.82) is 0 Å². The minimum Gasteiger partial charge on any atom is -0.394 e. The van der Waals surface area contributed by atoms with Crippen molar-refractivity contribution in [2.45, 2.75) is 24.9 Å². The predicted molar refractivity (Wildman–Crippen MR) is 65.0 cm³/mol. The number of nitrogens with zero attached hydrogens (tertiary/aromatic N) is 5. The summed E-state index contributed by atoms with van der Waals surface area (Å²) in [5.74, 6) is 0.348. The van der Waals surface area contributed by atoms with Crippen LogP contribution in [0.5, 0.6) is 0 Å². The first-order valence-corrected chi connectivity index (χ1v) is 6.07. The second-order valence-corrected chi connectivity index (χ2v) is 4.43. The Morgan fingerprint density at radius 2 is 2.35 bits per heavy atom. The molecular weight excluding hydrogens is 266 g/mol. The maximum Gasteiger partial charge on any atom is 0.351 e. The molecule has 3 atom stereocenters. The van der Waals surface area contributed by atoms with E-state index in [1.165, 1.54) is 28.1 Å². The topological polar surface area (TPSA) is 115 Å². The van der Waals surface area contributed by atoms with Crippen LogP contribution in [0.25, 0.3) is 5.82 Å². The van der Waals surface area contributed by atoms with E-state index in [-0.39, 0.29) is 13.0 Å². The van der Waals surface area contributed by atoms with Crippen LogP contribution in [0.15, 0.2) is 29.7 Å². The van der Waals surface area contributed by atoms with E-state index in [9.17, 15) is 9.90 Å². The zero-order valence-corrected chi connectivity index (χ0v) is 10.4. The molecular formula is C11H13N5O4. The van der Waals surface area contributed by atoms with E-state index in [4.69, 9.17) is 9.84 Å². The molecule has 0 amide bonds. The Bertz CT molecular complexity index is 641. The lowest BCUT2D eigenvalue weighted by atomic mass is 10.2. The Hall–Kier alpha value is -2.10. The van der Waals surface area contributed by atoms with Crippen LogP contribution in [0.2, 0.25) is 0 Å². The molecule has 2 aromatic heterocycles. The molecule has 9 nitrogen and oxygen atoms in total. The fourth-order valence-corrected chi connectivity index (χ4v) is 2.13. The van der Waals surface area contributed by atoms with Crippen LogP contribution in [0.1, 0.15) is 12.6 Å². The Morgan fingerprint density at radius 3 is 2.95 bits per heavy atom. The molecule has 20 heavy (non-hydrogen) atoms. The molecule has 0 aliphatic carbocycles. The van der Waals surface area contributed by atoms with E-state index in [1.54, 1.807) is 6.07 Å². The fraction of sp³-hybridized carbons (Fsp3) is 0.455. The van der Waals surface area contributed by atoms with Gasteiger partial charge in [-0.3, -0.25) is 4.57 Å². The Balaban J connectivity index is 1.87. The van der Waals surface area contributed by atoms with E-state index in [1.807, 2.05) is 0 Å². The molecule has 3 rings (SSSR count). The number of ether oxygens (including phenoxy) is 1. The van der Waals surface area contributed by atoms with Gasteiger partial charge in [0.2, 0.25) is 0 Å². The SMILES string of the molecule is O=c1nc(-n2cncn2)ccn1[C@@H]1C[C@H](O)[C@@H](CO)O1. The van der Waals surface area contributed by atoms with Crippen LogP contribution in [0.4, 0.5) is 0 Å². The molecule has 0 unspecified atom stereocenters. The smallest absolute Gasteiger partial charge is 0.351 e. The van der Waals surface area contributed by atoms with Crippen LogP contribution in [0, 0.1) is 0 Å². The normalized spacial score (nSPS) is 26.0. The summed E-state index contributed by atoms with van der Waals surface area (Å²) in [6.45, 7) is -0.295. The monoisotopic (exact) mass is 279 g/mol. The highest BCUT2D eigenvalue weighted by Crippen LogP contribution is 2.27. The highest BCUT2D eigenvalue weighted by molar-refractivity contribution is 5.16. The maximum atomic E-state index is 12.0. The average Bonchev–Trinajstić information content (AvgIpc) is 3.07. The van der Waals surface area contributed by atoms with E-state index < -0.39 is 24.1 Å². The summed E-state index contributed by atoms with van der Waals surface area (Å²) in [7, 11) is 0. The van der Waals surface area contributed by atoms with Crippen molar-refractivity contribution in [2.24, 2.45) is 0 Å². The minimum atomic E-state index is -0.799. The lowest BCUT2D eigenvalue weighted by Gasteiger charge is -2.14. The second kappa shape index (κ2) is 5.12. The van der Waals surface area contributed by atoms with Crippen LogP contribution in [-0.4, -0.2) is 53.3 Å². The Kier molecular flexibility index (Phi) is 3.30. The van der Waals surface area contributed by atoms with Crippen LogP contribution in [0.3, 0.4) is 0 Å². The third-order valence-corrected chi connectivity index (χ3v) is 3.16. The summed E-state index contributed by atoms with van der Waals surface area (Å²) in [6.07, 6.45) is 2.42. The van der Waals surface area contributed by atoms with E-state index >= 15 is 0 Å². The van der Waals surface area contributed by atoms with Gasteiger partial charge < -0.3 is 14.9 Å². The third kappa shape index (κ3) is 2.22. The number of hydrogen-bond acceptors (Lipinski definition) is 7. The highest BCUT2D eigenvalue weighted by atomic mass is 16.5. The van der Waals surface area contributed by atoms with Gasteiger partial charge in [-0.1, -0.05) is 0 Å². The highest BCUT2D eigenvalue weighted by Gasteiger charge is 2.34. The molecule has 3 heterocycles. The quantitative estimate of drug-likeness (QED) is 0.700. The van der Waals surface area contributed by atoms with E-state index in [0.29, 0.717) is 5.82 Å². The molecule has 1 fully saturated rings. The van der Waals surface area contributed by atoms with E-state index in [0.717, 1.165) is 0 Å². The molecule has 1 aliphatic rings. The molecule has 106 valence electrons. The first-order chi connectivity index (χ1) is 9.69. The van der Waals surface area contributed by atoms with Crippen LogP contribution >= 0.6 is 0 Å². The van der Waals surface area contributed by atoms with Gasteiger partial charge in [-0.15, -0.1) is 0 Å². The molecule has 0 bridgehead atoms. The molecule has 0 aromatic carbocycles. The number of rotatable bonds is 3. The number of aromatic nitrogens is 5. The van der Waals surface area contributed by atoms with Gasteiger partial charge in [0, 0.05) is 12.6 Å². The summed E-state index contributed by atoms with van der Waals surface area (Å²) < 4.78 is 8.05. The predicted octanol–water partition coefficient (Wildman–Crippen LogP) is -1.54. The Morgan fingerprint density at radius 1 is 1.50 bits per heavy atom. The molecule has 1 aliphatic heterocycles. The minimum absolute atomic E-state index is 0.232. The van der Waals surface area contributed by atoms with Gasteiger partial charge in [-0.05, 0) is 6.07 Å². The van der Waals surface area contributed by atoms with Crippen LogP contribution in [-0.2, 0) is 4.74 Å². The van der Waals surface area contributed by atoms with Gasteiger partial charge in [0.15, 0.2) is 5.82 Å². The molecule has 1 saturated heterocycles. The van der Waals surface area contributed by atoms with Gasteiger partial charge in [0.05, 0.1) is 12.7 Å². The van der Waals surface area contributed by atoms with Crippen molar-refractivity contribution >= 4 is 0 Å². The molecule has 9 heteroatoms. The summed E-state index contributed by atoms with van der Waals surface area (Å²) in [6, 6.07) is 1.60. The number of aliphatic hydroxyl groups is 2. The standard InChI is InChI=1S/C11H13N5O4/c17-4-8-7(18)3-10(20-8)15-2-1-9(14-11(15)19)16-6-12-5-13-16/h1-2,5-8,10,17-18H,3-4H2/t7-,8+,10-/m0/s1. The molecule has 2 N–H and O–H groups in total. The first kappa shape index (κ1) is 12.9. The fourth-order valence-electron chi connectivity index (χ4n) is 2.13.